The Kier molecular flexibility index (Phi) is 5.97. The lowest BCUT2D eigenvalue weighted by molar-refractivity contribution is -0.122. The van der Waals surface area contributed by atoms with Crippen molar-refractivity contribution in [2.75, 3.05) is 5.32 Å². The second-order valence-corrected chi connectivity index (χ2v) is 7.01. The molecule has 0 aliphatic heterocycles. The standard InChI is InChI=1S/C23H29NO2/c1-4-17-11-8-12-18(5-2)22(17)24-23(25)16(3)26-21-15-9-13-19-10-6-7-14-20(19)21/h8-9,11-13,15-16H,4-7,10,14H2,1-3H3,(H,24,25)/t16-/m1/s1. The van der Waals surface area contributed by atoms with E-state index in [4.69, 9.17) is 4.74 Å². The van der Waals surface area contributed by atoms with Gasteiger partial charge in [-0.15, -0.1) is 0 Å². The molecule has 2 aromatic rings. The van der Waals surface area contributed by atoms with Crippen molar-refractivity contribution in [2.45, 2.75) is 65.4 Å². The Balaban J connectivity index is 1.76. The second-order valence-electron chi connectivity index (χ2n) is 7.01. The first kappa shape index (κ1) is 18.5. The summed E-state index contributed by atoms with van der Waals surface area (Å²) in [4.78, 5) is 12.8. The van der Waals surface area contributed by atoms with Crippen molar-refractivity contribution in [3.63, 3.8) is 0 Å². The van der Waals surface area contributed by atoms with E-state index >= 15 is 0 Å². The third kappa shape index (κ3) is 3.92. The van der Waals surface area contributed by atoms with Crippen molar-refractivity contribution in [3.8, 4) is 5.75 Å². The van der Waals surface area contributed by atoms with Gasteiger partial charge in [-0.1, -0.05) is 44.2 Å². The third-order valence-electron chi connectivity index (χ3n) is 5.27. The molecule has 1 amide bonds. The maximum absolute atomic E-state index is 12.8. The molecule has 1 aliphatic rings. The highest BCUT2D eigenvalue weighted by Crippen LogP contribution is 2.30. The summed E-state index contributed by atoms with van der Waals surface area (Å²) >= 11 is 0. The molecule has 0 saturated heterocycles. The minimum absolute atomic E-state index is 0.0889. The number of fused-ring (bicyclic) bond motifs is 1. The molecule has 2 aromatic carbocycles. The lowest BCUT2D eigenvalue weighted by Gasteiger charge is -2.22. The monoisotopic (exact) mass is 351 g/mol. The molecule has 0 heterocycles. The summed E-state index contributed by atoms with van der Waals surface area (Å²) in [6.07, 6.45) is 5.83. The summed E-state index contributed by atoms with van der Waals surface area (Å²) in [5.74, 6) is 0.776. The number of carbonyl (C=O) groups excluding carboxylic acids is 1. The summed E-state index contributed by atoms with van der Waals surface area (Å²) in [6.45, 7) is 6.05. The van der Waals surface area contributed by atoms with Gasteiger partial charge in [0, 0.05) is 5.69 Å². The molecule has 138 valence electrons. The highest BCUT2D eigenvalue weighted by molar-refractivity contribution is 5.95. The van der Waals surface area contributed by atoms with Gasteiger partial charge in [-0.3, -0.25) is 4.79 Å². The number of hydrogen-bond acceptors (Lipinski definition) is 2. The summed E-state index contributed by atoms with van der Waals surface area (Å²) in [7, 11) is 0. The fourth-order valence-electron chi connectivity index (χ4n) is 3.73. The first-order valence-electron chi connectivity index (χ1n) is 9.83. The molecule has 3 rings (SSSR count). The molecule has 0 fully saturated rings. The van der Waals surface area contributed by atoms with Gasteiger partial charge in [-0.25, -0.2) is 0 Å². The van der Waals surface area contributed by atoms with Gasteiger partial charge in [0.2, 0.25) is 0 Å². The fraction of sp³-hybridized carbons (Fsp3) is 0.435. The zero-order valence-corrected chi connectivity index (χ0v) is 16.1. The summed E-state index contributed by atoms with van der Waals surface area (Å²) < 4.78 is 6.08. The molecule has 0 unspecified atom stereocenters. The molecular formula is C23H29NO2. The molecule has 3 heteroatoms. The molecule has 0 radical (unpaired) electrons. The molecule has 1 N–H and O–H groups in total. The van der Waals surface area contributed by atoms with Crippen LogP contribution in [0.4, 0.5) is 5.69 Å². The molecular weight excluding hydrogens is 322 g/mol. The molecule has 0 bridgehead atoms. The number of carbonyl (C=O) groups is 1. The van der Waals surface area contributed by atoms with Gasteiger partial charge in [0.25, 0.3) is 5.91 Å². The van der Waals surface area contributed by atoms with Gasteiger partial charge in [0.15, 0.2) is 6.10 Å². The van der Waals surface area contributed by atoms with E-state index in [-0.39, 0.29) is 5.91 Å². The van der Waals surface area contributed by atoms with Crippen molar-refractivity contribution < 1.29 is 9.53 Å². The zero-order chi connectivity index (χ0) is 18.5. The van der Waals surface area contributed by atoms with Crippen LogP contribution in [0.15, 0.2) is 36.4 Å². The van der Waals surface area contributed by atoms with E-state index in [9.17, 15) is 4.79 Å². The average molecular weight is 351 g/mol. The van der Waals surface area contributed by atoms with Crippen molar-refractivity contribution in [2.24, 2.45) is 0 Å². The van der Waals surface area contributed by atoms with Crippen LogP contribution in [0.3, 0.4) is 0 Å². The number of ether oxygens (including phenoxy) is 1. The number of para-hydroxylation sites is 1. The number of aryl methyl sites for hydroxylation is 3. The Morgan fingerprint density at radius 1 is 1.04 bits per heavy atom. The molecule has 0 spiro atoms. The van der Waals surface area contributed by atoms with Crippen LogP contribution in [0.25, 0.3) is 0 Å². The van der Waals surface area contributed by atoms with Gasteiger partial charge in [0.05, 0.1) is 0 Å². The van der Waals surface area contributed by atoms with E-state index in [0.717, 1.165) is 37.1 Å². The molecule has 3 nitrogen and oxygen atoms in total. The van der Waals surface area contributed by atoms with Gasteiger partial charge in [-0.05, 0) is 73.8 Å². The van der Waals surface area contributed by atoms with E-state index in [1.807, 2.05) is 19.1 Å². The number of hydrogen-bond donors (Lipinski definition) is 1. The van der Waals surface area contributed by atoms with Crippen LogP contribution < -0.4 is 10.1 Å². The highest BCUT2D eigenvalue weighted by Gasteiger charge is 2.20. The largest absolute Gasteiger partial charge is 0.481 e. The van der Waals surface area contributed by atoms with E-state index in [2.05, 4.69) is 43.4 Å². The maximum Gasteiger partial charge on any atom is 0.265 e. The number of amides is 1. The Hall–Kier alpha value is -2.29. The molecule has 26 heavy (non-hydrogen) atoms. The van der Waals surface area contributed by atoms with Crippen molar-refractivity contribution >= 4 is 11.6 Å². The highest BCUT2D eigenvalue weighted by atomic mass is 16.5. The van der Waals surface area contributed by atoms with Crippen molar-refractivity contribution in [1.82, 2.24) is 0 Å². The maximum atomic E-state index is 12.8. The Bertz CT molecular complexity index is 760. The Labute approximate surface area is 156 Å². The lowest BCUT2D eigenvalue weighted by atomic mass is 9.91. The lowest BCUT2D eigenvalue weighted by Crippen LogP contribution is -2.31. The number of benzene rings is 2. The quantitative estimate of drug-likeness (QED) is 0.786. The van der Waals surface area contributed by atoms with Crippen LogP contribution >= 0.6 is 0 Å². The predicted octanol–water partition coefficient (Wildman–Crippen LogP) is 5.10. The summed E-state index contributed by atoms with van der Waals surface area (Å²) in [5, 5.41) is 3.12. The van der Waals surface area contributed by atoms with Gasteiger partial charge < -0.3 is 10.1 Å². The first-order valence-corrected chi connectivity index (χ1v) is 9.83. The van der Waals surface area contributed by atoms with E-state index in [1.165, 1.54) is 35.1 Å². The second kappa shape index (κ2) is 8.39. The number of nitrogens with one attached hydrogen (secondary N) is 1. The molecule has 0 aromatic heterocycles. The Morgan fingerprint density at radius 3 is 2.38 bits per heavy atom. The zero-order valence-electron chi connectivity index (χ0n) is 16.1. The van der Waals surface area contributed by atoms with Crippen LogP contribution in [-0.4, -0.2) is 12.0 Å². The Morgan fingerprint density at radius 2 is 1.69 bits per heavy atom. The third-order valence-corrected chi connectivity index (χ3v) is 5.27. The van der Waals surface area contributed by atoms with E-state index in [0.29, 0.717) is 0 Å². The molecule has 1 atom stereocenters. The molecule has 1 aliphatic carbocycles. The normalized spacial score (nSPS) is 14.4. The predicted molar refractivity (Wildman–Crippen MR) is 107 cm³/mol. The van der Waals surface area contributed by atoms with Gasteiger partial charge in [-0.2, -0.15) is 0 Å². The van der Waals surface area contributed by atoms with Crippen LogP contribution in [0, 0.1) is 0 Å². The first-order chi connectivity index (χ1) is 12.6. The van der Waals surface area contributed by atoms with Gasteiger partial charge >= 0.3 is 0 Å². The minimum atomic E-state index is -0.530. The van der Waals surface area contributed by atoms with Crippen LogP contribution in [0.1, 0.15) is 55.9 Å². The summed E-state index contributed by atoms with van der Waals surface area (Å²) in [6, 6.07) is 12.4. The van der Waals surface area contributed by atoms with Gasteiger partial charge in [0.1, 0.15) is 5.75 Å². The van der Waals surface area contributed by atoms with Crippen LogP contribution in [0.2, 0.25) is 0 Å². The van der Waals surface area contributed by atoms with Crippen LogP contribution in [0.5, 0.6) is 5.75 Å². The minimum Gasteiger partial charge on any atom is -0.481 e. The number of rotatable bonds is 6. The fourth-order valence-corrected chi connectivity index (χ4v) is 3.73. The van der Waals surface area contributed by atoms with Crippen molar-refractivity contribution in [1.29, 1.82) is 0 Å². The van der Waals surface area contributed by atoms with Crippen molar-refractivity contribution in [3.05, 3.63) is 58.7 Å². The van der Waals surface area contributed by atoms with Crippen LogP contribution in [-0.2, 0) is 30.5 Å². The molecule has 0 saturated carbocycles. The number of anilines is 1. The SMILES string of the molecule is CCc1cccc(CC)c1NC(=O)[C@@H](C)Oc1cccc2c1CCCC2. The summed E-state index contributed by atoms with van der Waals surface area (Å²) in [5.41, 5.74) is 5.93. The smallest absolute Gasteiger partial charge is 0.265 e. The van der Waals surface area contributed by atoms with E-state index in [1.54, 1.807) is 0 Å². The topological polar surface area (TPSA) is 38.3 Å². The van der Waals surface area contributed by atoms with E-state index < -0.39 is 6.10 Å². The average Bonchev–Trinajstić information content (AvgIpc) is 2.68.